The molecule has 0 radical (unpaired) electrons. The van der Waals surface area contributed by atoms with Crippen LogP contribution in [0.2, 0.25) is 0 Å². The van der Waals surface area contributed by atoms with Gasteiger partial charge in [-0.25, -0.2) is 0 Å². The molecule has 132 valence electrons. The molecule has 0 rings (SSSR count). The van der Waals surface area contributed by atoms with E-state index in [1.165, 1.54) is 57.4 Å². The van der Waals surface area contributed by atoms with Crippen molar-refractivity contribution in [2.75, 3.05) is 0 Å². The molecule has 1 nitrogen and oxygen atoms in total. The van der Waals surface area contributed by atoms with E-state index in [1.807, 2.05) is 42.5 Å². The van der Waals surface area contributed by atoms with Crippen LogP contribution in [0.15, 0.2) is 72.9 Å². The molecule has 0 saturated carbocycles. The molecule has 0 aromatic rings. The topological polar surface area (TPSA) is 17.1 Å². The van der Waals surface area contributed by atoms with Crippen LogP contribution in [0.25, 0.3) is 0 Å². The molecule has 24 heavy (non-hydrogen) atoms. The molecular weight excluding hydrogens is 407 g/mol. The van der Waals surface area contributed by atoms with Crippen molar-refractivity contribution in [1.29, 1.82) is 0 Å². The quantitative estimate of drug-likeness (QED) is 0.0906. The van der Waals surface area contributed by atoms with E-state index in [0.717, 1.165) is 0 Å². The van der Waals surface area contributed by atoms with Crippen molar-refractivity contribution in [2.24, 2.45) is 0 Å². The van der Waals surface area contributed by atoms with Crippen LogP contribution in [0.4, 0.5) is 0 Å². The third-order valence-corrected chi connectivity index (χ3v) is 3.70. The summed E-state index contributed by atoms with van der Waals surface area (Å²) < 4.78 is 0.0336. The van der Waals surface area contributed by atoms with Gasteiger partial charge in [0.2, 0.25) is 3.79 Å². The lowest BCUT2D eigenvalue weighted by Gasteiger charge is -1.98. The normalized spacial score (nSPS) is 13.1. The van der Waals surface area contributed by atoms with Gasteiger partial charge in [-0.15, -0.1) is 0 Å². The van der Waals surface area contributed by atoms with Crippen LogP contribution in [-0.2, 0) is 4.79 Å². The lowest BCUT2D eigenvalue weighted by Crippen LogP contribution is -1.78. The second-order valence-electron chi connectivity index (χ2n) is 5.54. The minimum Gasteiger partial charge on any atom is -0.283 e. The molecule has 0 saturated heterocycles. The summed E-state index contributed by atoms with van der Waals surface area (Å²) in [4.78, 5) is 10.6. The van der Waals surface area contributed by atoms with Gasteiger partial charge in [0.25, 0.3) is 0 Å². The Morgan fingerprint density at radius 3 is 1.67 bits per heavy atom. The van der Waals surface area contributed by atoms with E-state index in [9.17, 15) is 4.79 Å². The van der Waals surface area contributed by atoms with Crippen molar-refractivity contribution in [1.82, 2.24) is 0 Å². The van der Waals surface area contributed by atoms with Gasteiger partial charge >= 0.3 is 0 Å². The van der Waals surface area contributed by atoms with E-state index in [-0.39, 0.29) is 3.79 Å². The molecule has 0 aromatic carbocycles. The molecule has 2 heteroatoms. The Hall–Kier alpha value is -1.16. The lowest BCUT2D eigenvalue weighted by atomic mass is 10.1. The van der Waals surface area contributed by atoms with E-state index < -0.39 is 0 Å². The van der Waals surface area contributed by atoms with Crippen LogP contribution in [0.3, 0.4) is 0 Å². The Kier molecular flexibility index (Phi) is 18.9. The zero-order valence-electron chi connectivity index (χ0n) is 14.9. The highest BCUT2D eigenvalue weighted by atomic mass is 127. The summed E-state index contributed by atoms with van der Waals surface area (Å²) in [6.07, 6.45) is 34.1. The molecule has 0 unspecified atom stereocenters. The summed E-state index contributed by atoms with van der Waals surface area (Å²) in [6.45, 7) is 2.26. The molecule has 0 spiro atoms. The Balaban J connectivity index is 3.57. The van der Waals surface area contributed by atoms with E-state index in [1.54, 1.807) is 28.7 Å². The van der Waals surface area contributed by atoms with Crippen molar-refractivity contribution in [3.63, 3.8) is 0 Å². The average molecular weight is 438 g/mol. The summed E-state index contributed by atoms with van der Waals surface area (Å²) in [5.41, 5.74) is 0. The molecule has 0 aliphatic heterocycles. The van der Waals surface area contributed by atoms with Gasteiger partial charge < -0.3 is 0 Å². The van der Waals surface area contributed by atoms with Gasteiger partial charge in [-0.05, 0) is 18.9 Å². The Morgan fingerprint density at radius 1 is 0.667 bits per heavy atom. The standard InChI is InChI=1S/C22H31IO/c1-2-3-4-5-6-7-8-9-10-11-12-13-14-15-16-17-18-19-20-21-22(23)24/h10-21H,2-9H2,1H3/b11-10+,13-12+,15-14+,17-16+,19-18+,21-20+. The molecule has 0 aromatic heterocycles. The molecule has 0 N–H and O–H groups in total. The van der Waals surface area contributed by atoms with Gasteiger partial charge in [0.05, 0.1) is 0 Å². The van der Waals surface area contributed by atoms with E-state index in [0.29, 0.717) is 0 Å². The minimum atomic E-state index is 0.0336. The minimum absolute atomic E-state index is 0.0336. The van der Waals surface area contributed by atoms with Crippen LogP contribution in [-0.4, -0.2) is 3.79 Å². The monoisotopic (exact) mass is 438 g/mol. The van der Waals surface area contributed by atoms with Crippen molar-refractivity contribution < 1.29 is 4.79 Å². The first kappa shape index (κ1) is 22.8. The first-order chi connectivity index (χ1) is 11.8. The molecule has 0 aliphatic carbocycles. The maximum atomic E-state index is 10.6. The Morgan fingerprint density at radius 2 is 1.12 bits per heavy atom. The van der Waals surface area contributed by atoms with Crippen molar-refractivity contribution in [3.8, 4) is 0 Å². The number of rotatable bonds is 14. The molecular formula is C22H31IO. The van der Waals surface area contributed by atoms with Crippen LogP contribution in [0, 0.1) is 0 Å². The van der Waals surface area contributed by atoms with Gasteiger partial charge in [0.1, 0.15) is 0 Å². The SMILES string of the molecule is CCCCCCCCC/C=C/C=C/C=C/C=C/C=C/C=C/C(=O)I. The van der Waals surface area contributed by atoms with E-state index in [2.05, 4.69) is 25.2 Å². The fourth-order valence-corrected chi connectivity index (χ4v) is 2.25. The molecule has 0 bridgehead atoms. The number of hydrogen-bond acceptors (Lipinski definition) is 1. The molecule has 0 heterocycles. The lowest BCUT2D eigenvalue weighted by molar-refractivity contribution is -0.105. The number of unbranched alkanes of at least 4 members (excludes halogenated alkanes) is 7. The molecule has 0 fully saturated rings. The summed E-state index contributed by atoms with van der Waals surface area (Å²) in [7, 11) is 0. The average Bonchev–Trinajstić information content (AvgIpc) is 2.56. The third kappa shape index (κ3) is 20.8. The Labute approximate surface area is 162 Å². The van der Waals surface area contributed by atoms with Crippen molar-refractivity contribution in [2.45, 2.75) is 58.3 Å². The molecule has 0 amide bonds. The highest BCUT2D eigenvalue weighted by molar-refractivity contribution is 14.1. The largest absolute Gasteiger partial charge is 0.283 e. The second kappa shape index (κ2) is 19.9. The third-order valence-electron chi connectivity index (χ3n) is 3.34. The Bertz CT molecular complexity index is 464. The first-order valence-corrected chi connectivity index (χ1v) is 10.0. The number of halogens is 1. The zero-order chi connectivity index (χ0) is 17.7. The van der Waals surface area contributed by atoms with Crippen LogP contribution < -0.4 is 0 Å². The predicted molar refractivity (Wildman–Crippen MR) is 116 cm³/mol. The maximum absolute atomic E-state index is 10.6. The van der Waals surface area contributed by atoms with Crippen LogP contribution in [0.1, 0.15) is 58.3 Å². The summed E-state index contributed by atoms with van der Waals surface area (Å²) >= 11 is 1.75. The fraction of sp³-hybridized carbons (Fsp3) is 0.409. The van der Waals surface area contributed by atoms with Crippen LogP contribution >= 0.6 is 22.6 Å². The number of hydrogen-bond donors (Lipinski definition) is 0. The van der Waals surface area contributed by atoms with E-state index in [4.69, 9.17) is 0 Å². The maximum Gasteiger partial charge on any atom is 0.215 e. The van der Waals surface area contributed by atoms with Gasteiger partial charge in [0.15, 0.2) is 0 Å². The smallest absolute Gasteiger partial charge is 0.215 e. The second-order valence-corrected chi connectivity index (χ2v) is 6.60. The summed E-state index contributed by atoms with van der Waals surface area (Å²) in [5.74, 6) is 0. The number of carbonyl (C=O) groups is 1. The van der Waals surface area contributed by atoms with Crippen molar-refractivity contribution >= 4 is 26.4 Å². The zero-order valence-corrected chi connectivity index (χ0v) is 17.0. The summed E-state index contributed by atoms with van der Waals surface area (Å²) in [5, 5.41) is 0. The number of allylic oxidation sites excluding steroid dienone is 12. The van der Waals surface area contributed by atoms with Crippen molar-refractivity contribution in [3.05, 3.63) is 72.9 Å². The highest BCUT2D eigenvalue weighted by Gasteiger charge is 1.88. The number of carbonyl (C=O) groups excluding carboxylic acids is 1. The van der Waals surface area contributed by atoms with Crippen LogP contribution in [0.5, 0.6) is 0 Å². The van der Waals surface area contributed by atoms with Gasteiger partial charge in [-0.1, -0.05) is 112 Å². The predicted octanol–water partition coefficient (Wildman–Crippen LogP) is 7.43. The summed E-state index contributed by atoms with van der Waals surface area (Å²) in [6, 6.07) is 0. The van der Waals surface area contributed by atoms with Gasteiger partial charge in [-0.3, -0.25) is 4.79 Å². The van der Waals surface area contributed by atoms with Gasteiger partial charge in [-0.2, -0.15) is 0 Å². The molecule has 0 atom stereocenters. The fourth-order valence-electron chi connectivity index (χ4n) is 2.04. The van der Waals surface area contributed by atoms with E-state index >= 15 is 0 Å². The highest BCUT2D eigenvalue weighted by Crippen LogP contribution is 2.08. The molecule has 0 aliphatic rings. The van der Waals surface area contributed by atoms with Gasteiger partial charge in [0, 0.05) is 22.6 Å². The first-order valence-electron chi connectivity index (χ1n) is 8.96.